The van der Waals surface area contributed by atoms with Gasteiger partial charge in [0.05, 0.1) is 123 Å². The Morgan fingerprint density at radius 3 is 2.10 bits per heavy atom. The molecule has 16 rings (SSSR count). The predicted molar refractivity (Wildman–Crippen MR) is 277 cm³/mol. The Hall–Kier alpha value is -1.77. The SMILES string of the molecule is C=C1C[C@@H]2CC[C@@]34CC5(O)O[C@H]6[C@@H](O3)[C@H]3O[C@H](CC[C@@H]3O[C@H]6[C@H]5O4)CC(=O)O[C@@H]3[C@@H](C)[C@@H]4OC5C[C@]6(C[C@@H]7O[C@]8(C[C@H](C)[C@@H]9O[C@H]([C@@H](O)C[C@@H](O)CN)C[C@@H]9O8)C[C@H](C)[C@@H]7O6)OC5C[C@@H]4O[C@H]3C[C@H]3O[C@@H](CC[C@@H]1O2)C[C@@H](C)C3=C. The van der Waals surface area contributed by atoms with E-state index in [0.29, 0.717) is 70.6 Å². The van der Waals surface area contributed by atoms with Crippen molar-refractivity contribution in [1.82, 2.24) is 0 Å². The molecule has 446 valence electrons. The highest BCUT2D eigenvalue weighted by Gasteiger charge is 2.75. The van der Waals surface area contributed by atoms with E-state index in [1.54, 1.807) is 0 Å². The van der Waals surface area contributed by atoms with E-state index in [1.807, 2.05) is 0 Å². The Labute approximate surface area is 468 Å². The quantitative estimate of drug-likeness (QED) is 0.228. The molecule has 0 aliphatic carbocycles. The Bertz CT molecular complexity index is 2400. The van der Waals surface area contributed by atoms with E-state index in [2.05, 4.69) is 40.9 Å². The number of aliphatic hydroxyl groups is 3. The number of carbonyl (C=O) groups excluding carboxylic acids is 1. The summed E-state index contributed by atoms with van der Waals surface area (Å²) in [5.74, 6) is -4.65. The van der Waals surface area contributed by atoms with Crippen LogP contribution in [0.4, 0.5) is 0 Å². The number of ether oxygens (including phenoxy) is 15. The summed E-state index contributed by atoms with van der Waals surface area (Å²) in [7, 11) is 0. The molecule has 0 aromatic heterocycles. The van der Waals surface area contributed by atoms with Crippen LogP contribution in [0.1, 0.15) is 143 Å². The summed E-state index contributed by atoms with van der Waals surface area (Å²) in [5, 5.41) is 33.1. The lowest BCUT2D eigenvalue weighted by atomic mass is 9.79. The molecule has 16 aliphatic rings. The third-order valence-electron chi connectivity index (χ3n) is 22.1. The molecular formula is C60H87NO19. The molecule has 12 bridgehead atoms. The van der Waals surface area contributed by atoms with Gasteiger partial charge < -0.3 is 92.1 Å². The van der Waals surface area contributed by atoms with Crippen LogP contribution in [0.3, 0.4) is 0 Å². The van der Waals surface area contributed by atoms with Gasteiger partial charge in [-0.25, -0.2) is 0 Å². The molecule has 20 heteroatoms. The monoisotopic (exact) mass is 1130 g/mol. The molecule has 16 fully saturated rings. The van der Waals surface area contributed by atoms with Crippen molar-refractivity contribution >= 4 is 5.97 Å². The summed E-state index contributed by atoms with van der Waals surface area (Å²) in [5.41, 5.74) is 7.74. The van der Waals surface area contributed by atoms with Crippen LogP contribution < -0.4 is 5.73 Å². The molecule has 16 heterocycles. The molecule has 80 heavy (non-hydrogen) atoms. The third-order valence-corrected chi connectivity index (χ3v) is 22.1. The van der Waals surface area contributed by atoms with Gasteiger partial charge in [-0.15, -0.1) is 0 Å². The zero-order valence-corrected chi connectivity index (χ0v) is 47.0. The van der Waals surface area contributed by atoms with Gasteiger partial charge in [0, 0.05) is 70.3 Å². The lowest BCUT2D eigenvalue weighted by molar-refractivity contribution is -0.347. The summed E-state index contributed by atoms with van der Waals surface area (Å²) in [6.45, 7) is 17.9. The van der Waals surface area contributed by atoms with Crippen molar-refractivity contribution in [1.29, 1.82) is 0 Å². The smallest absolute Gasteiger partial charge is 0.308 e. The van der Waals surface area contributed by atoms with Gasteiger partial charge in [-0.05, 0) is 73.8 Å². The van der Waals surface area contributed by atoms with E-state index in [1.165, 1.54) is 0 Å². The van der Waals surface area contributed by atoms with Crippen LogP contribution in [-0.2, 0) is 75.8 Å². The molecule has 16 saturated heterocycles. The summed E-state index contributed by atoms with van der Waals surface area (Å²) >= 11 is 0. The van der Waals surface area contributed by atoms with Crippen LogP contribution >= 0.6 is 0 Å². The van der Waals surface area contributed by atoms with Crippen LogP contribution in [0, 0.1) is 23.7 Å². The first-order chi connectivity index (χ1) is 38.3. The number of esters is 1. The highest BCUT2D eigenvalue weighted by Crippen LogP contribution is 2.59. The number of fused-ring (bicyclic) bond motifs is 10. The van der Waals surface area contributed by atoms with E-state index in [4.69, 9.17) is 76.8 Å². The van der Waals surface area contributed by atoms with Crippen LogP contribution in [0.25, 0.3) is 0 Å². The zero-order chi connectivity index (χ0) is 54.9. The molecular weight excluding hydrogens is 1040 g/mol. The number of carbonyl (C=O) groups is 1. The van der Waals surface area contributed by atoms with E-state index in [9.17, 15) is 20.1 Å². The standard InChI is InChI=1S/C60H87NO19/c1-26-13-33-7-9-37-27(2)14-35(66-37)11-12-57-25-60(65)56(80-57)55-54(79-60)53(78-57)52-38(70-55)10-8-34(68-52)16-47(64)73-51-31(6)50-43(69-42(51)17-39(67-33)30(26)5)19-41-45(72-50)22-59(74-41)23-46-49(77-59)29(4)21-58(76-46)20-28(3)48-44(75-58)18-40(71-48)36(63)15-32(62)24-61/h26,28-29,31-46,48-56,62-63,65H,2,5,7-25,61H2,1,3-4,6H3/t26-,28+,29+,31+,32-,33+,34-,35+,36+,37+,38+,39-,40+,41?,42+,43+,44+,45?,46+,48+,49+,50+,51-,52+,53+,54+,55-,56-,57-,58-,59+,60?/m1/s1. The maximum atomic E-state index is 14.6. The number of aliphatic hydroxyl groups excluding tert-OH is 2. The molecule has 0 amide bonds. The van der Waals surface area contributed by atoms with Gasteiger partial charge in [-0.3, -0.25) is 4.79 Å². The van der Waals surface area contributed by atoms with Crippen molar-refractivity contribution < 1.29 is 91.2 Å². The summed E-state index contributed by atoms with van der Waals surface area (Å²) in [6, 6.07) is 0. The van der Waals surface area contributed by atoms with E-state index in [0.717, 1.165) is 36.8 Å². The first-order valence-corrected chi connectivity index (χ1v) is 31.0. The number of hydrogen-bond donors (Lipinski definition) is 4. The Morgan fingerprint density at radius 2 is 1.26 bits per heavy atom. The lowest BCUT2D eigenvalue weighted by Gasteiger charge is -2.50. The largest absolute Gasteiger partial charge is 0.459 e. The van der Waals surface area contributed by atoms with Gasteiger partial charge in [0.15, 0.2) is 17.4 Å². The number of rotatable bonds is 4. The van der Waals surface area contributed by atoms with Gasteiger partial charge in [0.25, 0.3) is 0 Å². The molecule has 0 aromatic carbocycles. The van der Waals surface area contributed by atoms with Crippen LogP contribution in [-0.4, -0.2) is 197 Å². The molecule has 0 aromatic rings. The molecule has 0 saturated carbocycles. The Kier molecular flexibility index (Phi) is 13.8. The van der Waals surface area contributed by atoms with Crippen molar-refractivity contribution in [2.45, 2.75) is 313 Å². The molecule has 5 N–H and O–H groups in total. The van der Waals surface area contributed by atoms with Crippen LogP contribution in [0.15, 0.2) is 24.3 Å². The highest BCUT2D eigenvalue weighted by molar-refractivity contribution is 5.70. The van der Waals surface area contributed by atoms with Gasteiger partial charge >= 0.3 is 5.97 Å². The molecule has 0 radical (unpaired) electrons. The summed E-state index contributed by atoms with van der Waals surface area (Å²) in [6.07, 6.45) is -0.166. The van der Waals surface area contributed by atoms with E-state index < -0.39 is 96.4 Å². The second-order valence-corrected chi connectivity index (χ2v) is 27.8. The minimum Gasteiger partial charge on any atom is -0.459 e. The van der Waals surface area contributed by atoms with Crippen molar-refractivity contribution in [3.05, 3.63) is 24.3 Å². The number of nitrogens with two attached hydrogens (primary N) is 1. The van der Waals surface area contributed by atoms with Gasteiger partial charge in [0.1, 0.15) is 36.6 Å². The molecule has 20 nitrogen and oxygen atoms in total. The molecule has 3 spiro atoms. The topological polar surface area (TPSA) is 242 Å². The molecule has 3 unspecified atom stereocenters. The van der Waals surface area contributed by atoms with Crippen LogP contribution in [0.2, 0.25) is 0 Å². The van der Waals surface area contributed by atoms with E-state index >= 15 is 0 Å². The lowest BCUT2D eigenvalue weighted by Crippen LogP contribution is -2.62. The minimum atomic E-state index is -1.54. The van der Waals surface area contributed by atoms with Crippen molar-refractivity contribution in [3.63, 3.8) is 0 Å². The normalized spacial score (nSPS) is 57.6. The zero-order valence-electron chi connectivity index (χ0n) is 47.0. The van der Waals surface area contributed by atoms with Gasteiger partial charge in [0.2, 0.25) is 5.79 Å². The minimum absolute atomic E-state index is 0.0190. The third kappa shape index (κ3) is 9.31. The van der Waals surface area contributed by atoms with Gasteiger partial charge in [-0.2, -0.15) is 0 Å². The second kappa shape index (κ2) is 20.2. The highest BCUT2D eigenvalue weighted by atomic mass is 16.8. The molecule has 16 aliphatic heterocycles. The predicted octanol–water partition coefficient (Wildman–Crippen LogP) is 4.21. The summed E-state index contributed by atoms with van der Waals surface area (Å²) < 4.78 is 103. The van der Waals surface area contributed by atoms with Crippen LogP contribution in [0.5, 0.6) is 0 Å². The fourth-order valence-corrected chi connectivity index (χ4v) is 18.3. The first kappa shape index (κ1) is 54.9. The van der Waals surface area contributed by atoms with Crippen molar-refractivity contribution in [3.8, 4) is 0 Å². The average molecular weight is 1130 g/mol. The summed E-state index contributed by atoms with van der Waals surface area (Å²) in [4.78, 5) is 14.6. The Morgan fingerprint density at radius 1 is 0.562 bits per heavy atom. The maximum Gasteiger partial charge on any atom is 0.308 e. The number of hydrogen-bond acceptors (Lipinski definition) is 20. The fourth-order valence-electron chi connectivity index (χ4n) is 18.3. The average Bonchev–Trinajstić information content (AvgIpc) is 4.40. The van der Waals surface area contributed by atoms with Gasteiger partial charge in [-0.1, -0.05) is 40.9 Å². The second-order valence-electron chi connectivity index (χ2n) is 27.8. The molecule has 32 atom stereocenters. The Balaban J connectivity index is 0.658. The van der Waals surface area contributed by atoms with Crippen molar-refractivity contribution in [2.75, 3.05) is 6.54 Å². The van der Waals surface area contributed by atoms with E-state index in [-0.39, 0.29) is 129 Å². The first-order valence-electron chi connectivity index (χ1n) is 31.0. The maximum absolute atomic E-state index is 14.6. The van der Waals surface area contributed by atoms with Crippen molar-refractivity contribution in [2.24, 2.45) is 29.4 Å². The fraction of sp³-hybridized carbons (Fsp3) is 0.917.